The summed E-state index contributed by atoms with van der Waals surface area (Å²) >= 11 is 0. The third kappa shape index (κ3) is 4.50. The number of alkyl halides is 3. The lowest BCUT2D eigenvalue weighted by Gasteiger charge is -2.11. The van der Waals surface area contributed by atoms with Crippen molar-refractivity contribution in [1.82, 2.24) is 24.5 Å². The van der Waals surface area contributed by atoms with Gasteiger partial charge in [-0.3, -0.25) is 9.48 Å². The molecule has 1 amide bonds. The van der Waals surface area contributed by atoms with Crippen molar-refractivity contribution in [1.29, 1.82) is 0 Å². The minimum atomic E-state index is -4.55. The number of rotatable bonds is 6. The topological polar surface area (TPSA) is 77.6 Å². The summed E-state index contributed by atoms with van der Waals surface area (Å²) in [4.78, 5) is 17.1. The molecule has 1 fully saturated rings. The summed E-state index contributed by atoms with van der Waals surface area (Å²) < 4.78 is 57.0. The van der Waals surface area contributed by atoms with E-state index in [0.717, 1.165) is 24.5 Å². The summed E-state index contributed by atoms with van der Waals surface area (Å²) in [5.41, 5.74) is 0.641. The number of aromatic nitrogens is 5. The number of carbonyl (C=O) groups is 1. The summed E-state index contributed by atoms with van der Waals surface area (Å²) in [6.07, 6.45) is -1.30. The molecule has 3 heterocycles. The molecule has 0 radical (unpaired) electrons. The minimum absolute atomic E-state index is 0.00746. The zero-order chi connectivity index (χ0) is 24.0. The molecule has 1 saturated carbocycles. The van der Waals surface area contributed by atoms with Crippen LogP contribution in [-0.2, 0) is 24.1 Å². The molecular formula is C23H20F4N6O. The highest BCUT2D eigenvalue weighted by Gasteiger charge is 2.37. The van der Waals surface area contributed by atoms with Crippen LogP contribution in [0.5, 0.6) is 0 Å². The number of carbonyl (C=O) groups excluding carboxylic acids is 1. The number of benzene rings is 1. The highest BCUT2D eigenvalue weighted by atomic mass is 19.4. The first-order chi connectivity index (χ1) is 16.2. The average Bonchev–Trinajstić information content (AvgIpc) is 3.47. The van der Waals surface area contributed by atoms with Crippen LogP contribution in [0.3, 0.4) is 0 Å². The van der Waals surface area contributed by atoms with Crippen LogP contribution in [0.4, 0.5) is 23.4 Å². The van der Waals surface area contributed by atoms with Crippen molar-refractivity contribution in [2.24, 2.45) is 0 Å². The van der Waals surface area contributed by atoms with Crippen LogP contribution in [-0.4, -0.2) is 30.5 Å². The maximum absolute atomic E-state index is 13.7. The Hall–Kier alpha value is -3.76. The first-order valence-corrected chi connectivity index (χ1v) is 10.7. The van der Waals surface area contributed by atoms with E-state index in [2.05, 4.69) is 20.5 Å². The predicted octanol–water partition coefficient (Wildman–Crippen LogP) is 4.66. The summed E-state index contributed by atoms with van der Waals surface area (Å²) in [5, 5.41) is 11.0. The van der Waals surface area contributed by atoms with E-state index in [1.54, 1.807) is 29.1 Å². The first kappa shape index (κ1) is 22.1. The maximum Gasteiger partial charge on any atom is 0.417 e. The number of pyridine rings is 1. The minimum Gasteiger partial charge on any atom is -0.308 e. The van der Waals surface area contributed by atoms with Gasteiger partial charge in [0.15, 0.2) is 11.5 Å². The van der Waals surface area contributed by atoms with Gasteiger partial charge in [-0.1, -0.05) is 12.1 Å². The van der Waals surface area contributed by atoms with Gasteiger partial charge in [0.1, 0.15) is 12.4 Å². The van der Waals surface area contributed by atoms with Crippen LogP contribution < -0.4 is 5.32 Å². The van der Waals surface area contributed by atoms with Gasteiger partial charge in [0.05, 0.1) is 23.2 Å². The molecule has 1 aliphatic rings. The molecule has 4 aromatic rings. The van der Waals surface area contributed by atoms with E-state index >= 15 is 0 Å². The second-order valence-corrected chi connectivity index (χ2v) is 8.38. The van der Waals surface area contributed by atoms with E-state index in [9.17, 15) is 22.4 Å². The Morgan fingerprint density at radius 2 is 1.88 bits per heavy atom. The van der Waals surface area contributed by atoms with Crippen LogP contribution >= 0.6 is 0 Å². The van der Waals surface area contributed by atoms with Gasteiger partial charge in [0, 0.05) is 23.9 Å². The van der Waals surface area contributed by atoms with E-state index in [1.807, 2.05) is 0 Å². The number of amides is 1. The number of anilines is 1. The molecule has 1 aliphatic carbocycles. The number of fused-ring (bicyclic) bond motifs is 1. The molecule has 11 heteroatoms. The standard InChI is InChI=1S/C23H20F4N6O/c1-13-21-17(23(25,26)27)10-18(15-4-5-15)28-22(21)33(30-13)12-20(34)29-19-8-9-32(31-19)11-14-2-6-16(24)7-3-14/h2-3,6-10,15H,4-5,11-12H2,1H3,(H,29,31,34). The lowest BCUT2D eigenvalue weighted by Crippen LogP contribution is -2.20. The third-order valence-corrected chi connectivity index (χ3v) is 5.66. The van der Waals surface area contributed by atoms with Gasteiger partial charge in [0.2, 0.25) is 5.91 Å². The zero-order valence-corrected chi connectivity index (χ0v) is 18.1. The molecule has 7 nitrogen and oxygen atoms in total. The van der Waals surface area contributed by atoms with Gasteiger partial charge >= 0.3 is 6.18 Å². The van der Waals surface area contributed by atoms with Crippen molar-refractivity contribution in [3.63, 3.8) is 0 Å². The Kier molecular flexibility index (Phi) is 5.34. The van der Waals surface area contributed by atoms with Crippen molar-refractivity contribution in [3.05, 3.63) is 70.9 Å². The van der Waals surface area contributed by atoms with Crippen LogP contribution in [0.25, 0.3) is 11.0 Å². The average molecular weight is 472 g/mol. The molecule has 0 saturated heterocycles. The molecule has 34 heavy (non-hydrogen) atoms. The molecule has 1 aromatic carbocycles. The molecule has 0 spiro atoms. The summed E-state index contributed by atoms with van der Waals surface area (Å²) in [6.45, 7) is 1.54. The normalized spacial score (nSPS) is 14.0. The summed E-state index contributed by atoms with van der Waals surface area (Å²) in [7, 11) is 0. The van der Waals surface area contributed by atoms with Crippen LogP contribution in [0.2, 0.25) is 0 Å². The van der Waals surface area contributed by atoms with Crippen LogP contribution in [0, 0.1) is 12.7 Å². The molecular weight excluding hydrogens is 452 g/mol. The second kappa shape index (κ2) is 8.23. The van der Waals surface area contributed by atoms with E-state index in [1.165, 1.54) is 23.7 Å². The molecule has 0 aliphatic heterocycles. The van der Waals surface area contributed by atoms with Crippen molar-refractivity contribution in [2.75, 3.05) is 5.32 Å². The second-order valence-electron chi connectivity index (χ2n) is 8.38. The van der Waals surface area contributed by atoms with E-state index in [0.29, 0.717) is 12.2 Å². The number of nitrogens with zero attached hydrogens (tertiary/aromatic N) is 5. The van der Waals surface area contributed by atoms with E-state index in [4.69, 9.17) is 0 Å². The number of hydrogen-bond donors (Lipinski definition) is 1. The third-order valence-electron chi connectivity index (χ3n) is 5.66. The van der Waals surface area contributed by atoms with Crippen molar-refractivity contribution in [2.45, 2.75) is 44.9 Å². The first-order valence-electron chi connectivity index (χ1n) is 10.7. The Morgan fingerprint density at radius 3 is 2.56 bits per heavy atom. The number of nitrogens with one attached hydrogen (secondary N) is 1. The fourth-order valence-electron chi connectivity index (χ4n) is 3.91. The van der Waals surface area contributed by atoms with Gasteiger partial charge < -0.3 is 5.32 Å². The van der Waals surface area contributed by atoms with E-state index in [-0.39, 0.29) is 40.8 Å². The largest absolute Gasteiger partial charge is 0.417 e. The number of hydrogen-bond acceptors (Lipinski definition) is 4. The molecule has 0 bridgehead atoms. The zero-order valence-electron chi connectivity index (χ0n) is 18.1. The number of aryl methyl sites for hydroxylation is 1. The quantitative estimate of drug-likeness (QED) is 0.414. The molecule has 5 rings (SSSR count). The number of halogens is 4. The van der Waals surface area contributed by atoms with Gasteiger partial charge in [-0.2, -0.15) is 23.4 Å². The van der Waals surface area contributed by atoms with Gasteiger partial charge in [-0.15, -0.1) is 0 Å². The Labute approximate surface area is 191 Å². The van der Waals surface area contributed by atoms with Gasteiger partial charge in [0.25, 0.3) is 0 Å². The lowest BCUT2D eigenvalue weighted by molar-refractivity contribution is -0.136. The lowest BCUT2D eigenvalue weighted by atomic mass is 10.1. The molecule has 0 atom stereocenters. The van der Waals surface area contributed by atoms with E-state index < -0.39 is 17.6 Å². The fraction of sp³-hybridized carbons (Fsp3) is 0.304. The van der Waals surface area contributed by atoms with Crippen LogP contribution in [0.15, 0.2) is 42.6 Å². The highest BCUT2D eigenvalue weighted by Crippen LogP contribution is 2.43. The Balaban J connectivity index is 1.35. The molecule has 3 aromatic heterocycles. The molecule has 176 valence electrons. The Bertz CT molecular complexity index is 1370. The molecule has 1 N–H and O–H groups in total. The predicted molar refractivity (Wildman–Crippen MR) is 116 cm³/mol. The van der Waals surface area contributed by atoms with Crippen molar-refractivity contribution >= 4 is 22.8 Å². The Morgan fingerprint density at radius 1 is 1.15 bits per heavy atom. The van der Waals surface area contributed by atoms with Gasteiger partial charge in [-0.05, 0) is 43.5 Å². The van der Waals surface area contributed by atoms with Gasteiger partial charge in [-0.25, -0.2) is 14.1 Å². The SMILES string of the molecule is Cc1nn(CC(=O)Nc2ccn(Cc3ccc(F)cc3)n2)c2nc(C3CC3)cc(C(F)(F)F)c12. The highest BCUT2D eigenvalue weighted by molar-refractivity contribution is 5.91. The smallest absolute Gasteiger partial charge is 0.308 e. The fourth-order valence-corrected chi connectivity index (χ4v) is 3.91. The van der Waals surface area contributed by atoms with Crippen molar-refractivity contribution < 1.29 is 22.4 Å². The summed E-state index contributed by atoms with van der Waals surface area (Å²) in [6, 6.07) is 8.68. The van der Waals surface area contributed by atoms with Crippen LogP contribution in [0.1, 0.15) is 41.3 Å². The maximum atomic E-state index is 13.7. The summed E-state index contributed by atoms with van der Waals surface area (Å²) in [5.74, 6) is -0.542. The monoisotopic (exact) mass is 472 g/mol. The van der Waals surface area contributed by atoms with Crippen molar-refractivity contribution in [3.8, 4) is 0 Å². The molecule has 0 unspecified atom stereocenters.